The van der Waals surface area contributed by atoms with Gasteiger partial charge in [0.2, 0.25) is 10.0 Å². The average molecular weight is 385 g/mol. The van der Waals surface area contributed by atoms with Crippen molar-refractivity contribution in [2.24, 2.45) is 0 Å². The Morgan fingerprint density at radius 2 is 1.80 bits per heavy atom. The SMILES string of the molecule is C[C@H](NC(=O)c1ccc(N(C)S(C)(=O)=O)cc1Cl)c1ccc(F)cc1. The molecule has 0 saturated heterocycles. The molecule has 134 valence electrons. The van der Waals surface area contributed by atoms with Gasteiger partial charge in [0.15, 0.2) is 0 Å². The Bertz CT molecular complexity index is 885. The van der Waals surface area contributed by atoms with Gasteiger partial charge in [0.25, 0.3) is 5.91 Å². The minimum absolute atomic E-state index is 0.136. The van der Waals surface area contributed by atoms with Gasteiger partial charge in [-0.05, 0) is 42.8 Å². The van der Waals surface area contributed by atoms with E-state index in [0.717, 1.165) is 16.1 Å². The van der Waals surface area contributed by atoms with Gasteiger partial charge in [-0.25, -0.2) is 12.8 Å². The summed E-state index contributed by atoms with van der Waals surface area (Å²) in [6.07, 6.45) is 1.08. The summed E-state index contributed by atoms with van der Waals surface area (Å²) in [6.45, 7) is 1.77. The molecule has 5 nitrogen and oxygen atoms in total. The van der Waals surface area contributed by atoms with Crippen LogP contribution in [0, 0.1) is 5.82 Å². The monoisotopic (exact) mass is 384 g/mol. The minimum atomic E-state index is -3.42. The Kier molecular flexibility index (Phi) is 5.69. The Labute approximate surface area is 151 Å². The topological polar surface area (TPSA) is 66.5 Å². The van der Waals surface area contributed by atoms with Crippen molar-refractivity contribution in [2.45, 2.75) is 13.0 Å². The highest BCUT2D eigenvalue weighted by molar-refractivity contribution is 7.92. The molecule has 2 rings (SSSR count). The van der Waals surface area contributed by atoms with Crippen LogP contribution in [0.1, 0.15) is 28.9 Å². The zero-order chi connectivity index (χ0) is 18.8. The molecule has 0 radical (unpaired) electrons. The maximum absolute atomic E-state index is 13.0. The number of anilines is 1. The van der Waals surface area contributed by atoms with Gasteiger partial charge in [-0.1, -0.05) is 23.7 Å². The molecule has 2 aromatic rings. The summed E-state index contributed by atoms with van der Waals surface area (Å²) in [5.41, 5.74) is 1.33. The lowest BCUT2D eigenvalue weighted by atomic mass is 10.1. The second-order valence-electron chi connectivity index (χ2n) is 5.64. The number of nitrogens with zero attached hydrogens (tertiary/aromatic N) is 1. The van der Waals surface area contributed by atoms with Crippen LogP contribution < -0.4 is 9.62 Å². The van der Waals surface area contributed by atoms with E-state index in [4.69, 9.17) is 11.6 Å². The molecule has 1 amide bonds. The number of hydrogen-bond acceptors (Lipinski definition) is 3. The second kappa shape index (κ2) is 7.41. The van der Waals surface area contributed by atoms with Crippen molar-refractivity contribution in [1.82, 2.24) is 5.32 Å². The van der Waals surface area contributed by atoms with Crippen LogP contribution in [0.3, 0.4) is 0 Å². The molecule has 0 saturated carbocycles. The lowest BCUT2D eigenvalue weighted by molar-refractivity contribution is 0.0940. The van der Waals surface area contributed by atoms with Crippen molar-refractivity contribution in [3.05, 3.63) is 64.4 Å². The number of nitrogens with one attached hydrogen (secondary N) is 1. The quantitative estimate of drug-likeness (QED) is 0.859. The first-order chi connectivity index (χ1) is 11.6. The standard InChI is InChI=1S/C17H18ClFN2O3S/c1-11(12-4-6-13(19)7-5-12)20-17(22)15-9-8-14(10-16(15)18)21(2)25(3,23)24/h4-11H,1-3H3,(H,20,22)/t11-/m0/s1. The van der Waals surface area contributed by atoms with Crippen LogP contribution in [-0.4, -0.2) is 27.6 Å². The Morgan fingerprint density at radius 1 is 1.20 bits per heavy atom. The van der Waals surface area contributed by atoms with Crippen molar-refractivity contribution in [3.63, 3.8) is 0 Å². The molecule has 0 aromatic heterocycles. The van der Waals surface area contributed by atoms with Gasteiger partial charge >= 0.3 is 0 Å². The molecular weight excluding hydrogens is 367 g/mol. The number of amides is 1. The van der Waals surface area contributed by atoms with E-state index in [2.05, 4.69) is 5.32 Å². The Morgan fingerprint density at radius 3 is 2.32 bits per heavy atom. The van der Waals surface area contributed by atoms with Gasteiger partial charge in [-0.3, -0.25) is 9.10 Å². The van der Waals surface area contributed by atoms with E-state index in [9.17, 15) is 17.6 Å². The highest BCUT2D eigenvalue weighted by Crippen LogP contribution is 2.25. The molecule has 0 fully saturated rings. The van der Waals surface area contributed by atoms with Gasteiger partial charge in [0.05, 0.1) is 28.6 Å². The zero-order valence-corrected chi connectivity index (χ0v) is 15.5. The van der Waals surface area contributed by atoms with Crippen LogP contribution in [0.4, 0.5) is 10.1 Å². The summed E-state index contributed by atoms with van der Waals surface area (Å²) < 4.78 is 37.2. The largest absolute Gasteiger partial charge is 0.345 e. The molecule has 1 atom stereocenters. The first kappa shape index (κ1) is 19.2. The summed E-state index contributed by atoms with van der Waals surface area (Å²) in [5.74, 6) is -0.758. The van der Waals surface area contributed by atoms with Crippen molar-refractivity contribution < 1.29 is 17.6 Å². The first-order valence-corrected chi connectivity index (χ1v) is 9.62. The molecular formula is C17H18ClFN2O3S. The summed E-state index contributed by atoms with van der Waals surface area (Å²) in [7, 11) is -2.02. The van der Waals surface area contributed by atoms with Crippen LogP contribution in [0.2, 0.25) is 5.02 Å². The third-order valence-electron chi connectivity index (χ3n) is 3.78. The highest BCUT2D eigenvalue weighted by Gasteiger charge is 2.17. The van der Waals surface area contributed by atoms with E-state index < -0.39 is 15.9 Å². The molecule has 8 heteroatoms. The van der Waals surface area contributed by atoms with E-state index in [1.54, 1.807) is 19.1 Å². The van der Waals surface area contributed by atoms with Gasteiger partial charge in [-0.15, -0.1) is 0 Å². The number of halogens is 2. The normalized spacial score (nSPS) is 12.5. The summed E-state index contributed by atoms with van der Waals surface area (Å²) >= 11 is 6.14. The number of rotatable bonds is 5. The van der Waals surface area contributed by atoms with E-state index in [-0.39, 0.29) is 22.4 Å². The van der Waals surface area contributed by atoms with Gasteiger partial charge in [-0.2, -0.15) is 0 Å². The lowest BCUT2D eigenvalue weighted by Crippen LogP contribution is -2.27. The van der Waals surface area contributed by atoms with Crippen molar-refractivity contribution in [2.75, 3.05) is 17.6 Å². The Balaban J connectivity index is 2.18. The third kappa shape index (κ3) is 4.70. The number of sulfonamides is 1. The molecule has 0 aliphatic rings. The molecule has 0 spiro atoms. The van der Waals surface area contributed by atoms with Gasteiger partial charge in [0, 0.05) is 7.05 Å². The highest BCUT2D eigenvalue weighted by atomic mass is 35.5. The van der Waals surface area contributed by atoms with Crippen molar-refractivity contribution in [1.29, 1.82) is 0 Å². The van der Waals surface area contributed by atoms with E-state index in [1.807, 2.05) is 0 Å². The van der Waals surface area contributed by atoms with E-state index in [1.165, 1.54) is 37.4 Å². The maximum atomic E-state index is 13.0. The van der Waals surface area contributed by atoms with Crippen LogP contribution in [0.15, 0.2) is 42.5 Å². The second-order valence-corrected chi connectivity index (χ2v) is 8.06. The minimum Gasteiger partial charge on any atom is -0.345 e. The molecule has 0 aliphatic heterocycles. The van der Waals surface area contributed by atoms with E-state index in [0.29, 0.717) is 5.69 Å². The molecule has 0 bridgehead atoms. The van der Waals surface area contributed by atoms with Gasteiger partial charge in [0.1, 0.15) is 5.82 Å². The summed E-state index contributed by atoms with van der Waals surface area (Å²) in [5, 5.41) is 2.91. The predicted molar refractivity (Wildman–Crippen MR) is 97.0 cm³/mol. The van der Waals surface area contributed by atoms with Gasteiger partial charge < -0.3 is 5.32 Å². The fourth-order valence-corrected chi connectivity index (χ4v) is 2.94. The zero-order valence-electron chi connectivity index (χ0n) is 14.0. The van der Waals surface area contributed by atoms with Crippen LogP contribution in [-0.2, 0) is 10.0 Å². The molecule has 2 aromatic carbocycles. The molecule has 25 heavy (non-hydrogen) atoms. The van der Waals surface area contributed by atoms with E-state index >= 15 is 0 Å². The number of hydrogen-bond donors (Lipinski definition) is 1. The van der Waals surface area contributed by atoms with Crippen molar-refractivity contribution >= 4 is 33.2 Å². The number of benzene rings is 2. The van der Waals surface area contributed by atoms with Crippen LogP contribution in [0.5, 0.6) is 0 Å². The smallest absolute Gasteiger partial charge is 0.253 e. The Hall–Kier alpha value is -2.12. The average Bonchev–Trinajstić information content (AvgIpc) is 2.53. The van der Waals surface area contributed by atoms with Crippen LogP contribution in [0.25, 0.3) is 0 Å². The molecule has 0 unspecified atom stereocenters. The summed E-state index contributed by atoms with van der Waals surface area (Å²) in [4.78, 5) is 12.4. The third-order valence-corrected chi connectivity index (χ3v) is 5.29. The predicted octanol–water partition coefficient (Wildman–Crippen LogP) is 3.37. The fourth-order valence-electron chi connectivity index (χ4n) is 2.18. The molecule has 0 heterocycles. The maximum Gasteiger partial charge on any atom is 0.253 e. The fraction of sp³-hybridized carbons (Fsp3) is 0.235. The lowest BCUT2D eigenvalue weighted by Gasteiger charge is -2.18. The first-order valence-electron chi connectivity index (χ1n) is 7.39. The van der Waals surface area contributed by atoms with Crippen LogP contribution >= 0.6 is 11.6 Å². The summed E-state index contributed by atoms with van der Waals surface area (Å²) in [6, 6.07) is 9.86. The molecule has 0 aliphatic carbocycles. The number of carbonyl (C=O) groups is 1. The number of carbonyl (C=O) groups excluding carboxylic acids is 1. The molecule has 1 N–H and O–H groups in total. The van der Waals surface area contributed by atoms with Crippen molar-refractivity contribution in [3.8, 4) is 0 Å².